The van der Waals surface area contributed by atoms with Gasteiger partial charge in [-0.3, -0.25) is 15.1 Å². The number of nitrogens with zero attached hydrogens (tertiary/aromatic N) is 4. The first-order valence-electron chi connectivity index (χ1n) is 8.80. The number of methoxy groups -OCH3 is 2. The molecule has 3 rings (SSSR count). The molecule has 0 aliphatic heterocycles. The molecular weight excluding hydrogens is 358 g/mol. The molecule has 0 radical (unpaired) electrons. The molecule has 8 nitrogen and oxygen atoms in total. The number of benzene rings is 2. The average Bonchev–Trinajstić information content (AvgIpc) is 3.24. The number of aromatic nitrogens is 4. The first kappa shape index (κ1) is 19.3. The van der Waals surface area contributed by atoms with Crippen molar-refractivity contribution in [1.82, 2.24) is 20.6 Å². The van der Waals surface area contributed by atoms with E-state index in [4.69, 9.17) is 9.47 Å². The number of carbonyl (C=O) groups is 1. The van der Waals surface area contributed by atoms with Gasteiger partial charge in [0, 0.05) is 17.6 Å². The van der Waals surface area contributed by atoms with Gasteiger partial charge < -0.3 is 19.9 Å². The van der Waals surface area contributed by atoms with E-state index in [1.807, 2.05) is 44.2 Å². The summed E-state index contributed by atoms with van der Waals surface area (Å²) in [5.41, 5.74) is 3.69. The summed E-state index contributed by atoms with van der Waals surface area (Å²) < 4.78 is 10.7. The first-order chi connectivity index (χ1) is 13.5. The molecule has 2 aromatic carbocycles. The van der Waals surface area contributed by atoms with Gasteiger partial charge in [-0.05, 0) is 49.1 Å². The van der Waals surface area contributed by atoms with Crippen molar-refractivity contribution in [3.8, 4) is 11.5 Å². The molecule has 1 heterocycles. The summed E-state index contributed by atoms with van der Waals surface area (Å²) in [6.07, 6.45) is 0.331. The molecule has 0 bridgehead atoms. The highest BCUT2D eigenvalue weighted by atomic mass is 16.5. The Hall–Kier alpha value is -3.42. The van der Waals surface area contributed by atoms with Gasteiger partial charge in [-0.25, -0.2) is 0 Å². The van der Waals surface area contributed by atoms with Gasteiger partial charge in [0.05, 0.1) is 20.1 Å². The Morgan fingerprint density at radius 1 is 1.18 bits per heavy atom. The second-order valence-electron chi connectivity index (χ2n) is 6.41. The van der Waals surface area contributed by atoms with Crippen LogP contribution in [0.25, 0.3) is 0 Å². The van der Waals surface area contributed by atoms with E-state index in [0.717, 1.165) is 22.4 Å². The Kier molecular flexibility index (Phi) is 5.88. The molecule has 1 atom stereocenters. The van der Waals surface area contributed by atoms with E-state index in [9.17, 15) is 4.79 Å². The zero-order valence-electron chi connectivity index (χ0n) is 16.3. The summed E-state index contributed by atoms with van der Waals surface area (Å²) in [4.78, 5) is 13.1. The standard InChI is InChI=1S/C20H23N5O3/c1-12-6-5-7-17(13(12)2)21-20(26)16(19-22-24-25-23-19)10-14-8-9-15(27-3)11-18(14)28-4/h5-9,11,16H,10H2,1-4H3,(H2,21,22,23,24,25,26)/p-1/t16-/m1/s1. The minimum Gasteiger partial charge on any atom is -0.497 e. The molecule has 0 spiro atoms. The molecule has 8 heteroatoms. The van der Waals surface area contributed by atoms with E-state index in [0.29, 0.717) is 17.9 Å². The molecule has 0 saturated heterocycles. The van der Waals surface area contributed by atoms with Crippen LogP contribution in [0.4, 0.5) is 5.69 Å². The van der Waals surface area contributed by atoms with Crippen molar-refractivity contribution in [3.05, 3.63) is 58.9 Å². The number of carbonyl (C=O) groups excluding carboxylic acids is 1. The summed E-state index contributed by atoms with van der Waals surface area (Å²) in [5, 5.41) is 17.9. The molecule has 0 unspecified atom stereocenters. The number of anilines is 1. The van der Waals surface area contributed by atoms with Gasteiger partial charge in [0.15, 0.2) is 0 Å². The fourth-order valence-corrected chi connectivity index (χ4v) is 2.94. The Balaban J connectivity index is 1.90. The zero-order chi connectivity index (χ0) is 20.1. The molecule has 0 aliphatic carbocycles. The number of amides is 1. The molecule has 1 amide bonds. The van der Waals surface area contributed by atoms with Crippen molar-refractivity contribution in [2.24, 2.45) is 0 Å². The van der Waals surface area contributed by atoms with Gasteiger partial charge in [0.1, 0.15) is 11.5 Å². The highest BCUT2D eigenvalue weighted by Gasteiger charge is 2.23. The summed E-state index contributed by atoms with van der Waals surface area (Å²) in [7, 11) is 3.16. The van der Waals surface area contributed by atoms with Crippen LogP contribution in [0.5, 0.6) is 11.5 Å². The Labute approximate surface area is 163 Å². The van der Waals surface area contributed by atoms with E-state index in [-0.39, 0.29) is 11.7 Å². The monoisotopic (exact) mass is 380 g/mol. The minimum atomic E-state index is -0.669. The van der Waals surface area contributed by atoms with Crippen molar-refractivity contribution in [3.63, 3.8) is 0 Å². The number of aryl methyl sites for hydroxylation is 1. The van der Waals surface area contributed by atoms with Gasteiger partial charge in [-0.2, -0.15) is 5.21 Å². The summed E-state index contributed by atoms with van der Waals surface area (Å²) in [6, 6.07) is 11.2. The Morgan fingerprint density at radius 2 is 2.00 bits per heavy atom. The number of nitrogens with one attached hydrogen (secondary N) is 1. The van der Waals surface area contributed by atoms with E-state index >= 15 is 0 Å². The van der Waals surface area contributed by atoms with E-state index < -0.39 is 5.92 Å². The maximum atomic E-state index is 13.1. The highest BCUT2D eigenvalue weighted by Crippen LogP contribution is 2.30. The summed E-state index contributed by atoms with van der Waals surface area (Å²) in [5.74, 6) is 0.653. The number of ether oxygens (including phenoxy) is 2. The largest absolute Gasteiger partial charge is 0.497 e. The van der Waals surface area contributed by atoms with Gasteiger partial charge in [0.2, 0.25) is 5.91 Å². The minimum absolute atomic E-state index is 0.235. The predicted molar refractivity (Wildman–Crippen MR) is 104 cm³/mol. The zero-order valence-corrected chi connectivity index (χ0v) is 16.3. The van der Waals surface area contributed by atoms with Crippen molar-refractivity contribution in [2.75, 3.05) is 19.5 Å². The quantitative estimate of drug-likeness (QED) is 0.672. The van der Waals surface area contributed by atoms with Gasteiger partial charge >= 0.3 is 0 Å². The lowest BCUT2D eigenvalue weighted by atomic mass is 9.96. The molecular formula is C20H22N5O3-. The highest BCUT2D eigenvalue weighted by molar-refractivity contribution is 5.96. The predicted octanol–water partition coefficient (Wildman–Crippen LogP) is 2.43. The van der Waals surface area contributed by atoms with Crippen LogP contribution in [0.15, 0.2) is 36.4 Å². The smallest absolute Gasteiger partial charge is 0.232 e. The third-order valence-electron chi connectivity index (χ3n) is 4.74. The van der Waals surface area contributed by atoms with Crippen LogP contribution >= 0.6 is 0 Å². The lowest BCUT2D eigenvalue weighted by Gasteiger charge is -2.20. The van der Waals surface area contributed by atoms with Crippen LogP contribution in [0.1, 0.15) is 28.4 Å². The van der Waals surface area contributed by atoms with E-state index in [1.54, 1.807) is 20.3 Å². The van der Waals surface area contributed by atoms with E-state index in [2.05, 4.69) is 25.9 Å². The molecule has 0 aliphatic rings. The van der Waals surface area contributed by atoms with Gasteiger partial charge in [-0.15, -0.1) is 0 Å². The van der Waals surface area contributed by atoms with Crippen molar-refractivity contribution in [1.29, 1.82) is 0 Å². The topological polar surface area (TPSA) is 100 Å². The van der Waals surface area contributed by atoms with Crippen molar-refractivity contribution >= 4 is 11.6 Å². The lowest BCUT2D eigenvalue weighted by Crippen LogP contribution is -2.25. The van der Waals surface area contributed by atoms with Crippen molar-refractivity contribution < 1.29 is 14.3 Å². The molecule has 1 aromatic heterocycles. The van der Waals surface area contributed by atoms with Crippen LogP contribution < -0.4 is 19.9 Å². The van der Waals surface area contributed by atoms with Crippen LogP contribution in [0.3, 0.4) is 0 Å². The lowest BCUT2D eigenvalue weighted by molar-refractivity contribution is -0.117. The number of tetrazole rings is 1. The number of hydrogen-bond acceptors (Lipinski definition) is 6. The molecule has 28 heavy (non-hydrogen) atoms. The maximum Gasteiger partial charge on any atom is 0.232 e. The van der Waals surface area contributed by atoms with E-state index in [1.165, 1.54) is 0 Å². The van der Waals surface area contributed by atoms with Gasteiger partial charge in [0.25, 0.3) is 0 Å². The molecule has 146 valence electrons. The summed E-state index contributed by atoms with van der Waals surface area (Å²) in [6.45, 7) is 3.97. The maximum absolute atomic E-state index is 13.1. The molecule has 1 N–H and O–H groups in total. The van der Waals surface area contributed by atoms with Crippen LogP contribution in [-0.4, -0.2) is 35.7 Å². The first-order valence-corrected chi connectivity index (χ1v) is 8.80. The van der Waals surface area contributed by atoms with Gasteiger partial charge in [-0.1, -0.05) is 18.2 Å². The average molecular weight is 380 g/mol. The normalized spacial score (nSPS) is 11.7. The van der Waals surface area contributed by atoms with Crippen LogP contribution in [-0.2, 0) is 11.2 Å². The van der Waals surface area contributed by atoms with Crippen LogP contribution in [0, 0.1) is 13.8 Å². The second-order valence-corrected chi connectivity index (χ2v) is 6.41. The molecule has 3 aromatic rings. The third kappa shape index (κ3) is 4.11. The fraction of sp³-hybridized carbons (Fsp3) is 0.300. The summed E-state index contributed by atoms with van der Waals surface area (Å²) >= 11 is 0. The van der Waals surface area contributed by atoms with Crippen molar-refractivity contribution in [2.45, 2.75) is 26.2 Å². The Bertz CT molecular complexity index is 956. The molecule has 0 saturated carbocycles. The molecule has 0 fully saturated rings. The number of rotatable bonds is 7. The third-order valence-corrected chi connectivity index (χ3v) is 4.74. The van der Waals surface area contributed by atoms with Crippen LogP contribution in [0.2, 0.25) is 0 Å². The second kappa shape index (κ2) is 8.51. The SMILES string of the molecule is COc1ccc(C[C@@H](C(=O)Nc2cccc(C)c2C)c2nnn[n-]2)c(OC)c1. The Morgan fingerprint density at radius 3 is 2.68 bits per heavy atom. The fourth-order valence-electron chi connectivity index (χ4n) is 2.94. The number of hydrogen-bond donors (Lipinski definition) is 1.